The molecule has 0 radical (unpaired) electrons. The second-order valence-electron chi connectivity index (χ2n) is 5.74. The SMILES string of the molecule is CC(=O)Nc1cccc(C(=O)N[C@@H](C/C=C/c2ccccc2)C(N)=O)c1. The molecule has 0 aliphatic carbocycles. The first-order chi connectivity index (χ1) is 12.5. The molecule has 0 saturated heterocycles. The lowest BCUT2D eigenvalue weighted by Crippen LogP contribution is -2.44. The minimum atomic E-state index is -0.827. The Morgan fingerprint density at radius 2 is 1.81 bits per heavy atom. The van der Waals surface area contributed by atoms with Gasteiger partial charge in [0.1, 0.15) is 6.04 Å². The van der Waals surface area contributed by atoms with Crippen molar-refractivity contribution in [3.05, 3.63) is 71.8 Å². The number of nitrogens with two attached hydrogens (primary N) is 1. The Morgan fingerprint density at radius 1 is 1.08 bits per heavy atom. The zero-order chi connectivity index (χ0) is 18.9. The Bertz CT molecular complexity index is 816. The largest absolute Gasteiger partial charge is 0.368 e. The minimum absolute atomic E-state index is 0.233. The number of carbonyl (C=O) groups excluding carboxylic acids is 3. The van der Waals surface area contributed by atoms with E-state index in [1.165, 1.54) is 13.0 Å². The van der Waals surface area contributed by atoms with Crippen LogP contribution in [-0.4, -0.2) is 23.8 Å². The summed E-state index contributed by atoms with van der Waals surface area (Å²) < 4.78 is 0. The molecular formula is C20H21N3O3. The van der Waals surface area contributed by atoms with Crippen molar-refractivity contribution in [2.45, 2.75) is 19.4 Å². The van der Waals surface area contributed by atoms with Crippen molar-refractivity contribution >= 4 is 29.5 Å². The maximum atomic E-state index is 12.4. The van der Waals surface area contributed by atoms with Crippen LogP contribution in [0.2, 0.25) is 0 Å². The number of carbonyl (C=O) groups is 3. The predicted octanol–water partition coefficient (Wildman–Crippen LogP) is 2.33. The smallest absolute Gasteiger partial charge is 0.252 e. The van der Waals surface area contributed by atoms with Crippen LogP contribution in [0.3, 0.4) is 0 Å². The molecule has 2 aromatic carbocycles. The molecule has 1 atom stereocenters. The summed E-state index contributed by atoms with van der Waals surface area (Å²) in [7, 11) is 0. The maximum Gasteiger partial charge on any atom is 0.252 e. The summed E-state index contributed by atoms with van der Waals surface area (Å²) >= 11 is 0. The number of rotatable bonds is 7. The van der Waals surface area contributed by atoms with Crippen LogP contribution >= 0.6 is 0 Å². The summed E-state index contributed by atoms with van der Waals surface area (Å²) in [5, 5.41) is 5.23. The molecule has 0 aliphatic rings. The van der Waals surface area contributed by atoms with Crippen molar-refractivity contribution in [1.29, 1.82) is 0 Å². The Labute approximate surface area is 152 Å². The van der Waals surface area contributed by atoms with E-state index < -0.39 is 17.9 Å². The molecule has 4 N–H and O–H groups in total. The molecule has 6 heteroatoms. The molecule has 0 fully saturated rings. The number of primary amides is 1. The summed E-state index contributed by atoms with van der Waals surface area (Å²) in [4.78, 5) is 35.1. The summed E-state index contributed by atoms with van der Waals surface area (Å²) in [5.41, 5.74) is 7.22. The number of nitrogens with one attached hydrogen (secondary N) is 2. The van der Waals surface area contributed by atoms with Gasteiger partial charge in [-0.3, -0.25) is 14.4 Å². The van der Waals surface area contributed by atoms with Gasteiger partial charge in [-0.15, -0.1) is 0 Å². The Morgan fingerprint density at radius 3 is 2.46 bits per heavy atom. The van der Waals surface area contributed by atoms with Crippen LogP contribution in [0.25, 0.3) is 6.08 Å². The van der Waals surface area contributed by atoms with E-state index in [0.29, 0.717) is 11.3 Å². The highest BCUT2D eigenvalue weighted by Crippen LogP contribution is 2.11. The topological polar surface area (TPSA) is 101 Å². The van der Waals surface area contributed by atoms with Crippen molar-refractivity contribution in [3.63, 3.8) is 0 Å². The molecule has 0 heterocycles. The number of hydrogen-bond donors (Lipinski definition) is 3. The van der Waals surface area contributed by atoms with Gasteiger partial charge in [0.05, 0.1) is 0 Å². The van der Waals surface area contributed by atoms with Gasteiger partial charge in [-0.25, -0.2) is 0 Å². The van der Waals surface area contributed by atoms with Crippen molar-refractivity contribution < 1.29 is 14.4 Å². The summed E-state index contributed by atoms with van der Waals surface area (Å²) in [6, 6.07) is 15.2. The van der Waals surface area contributed by atoms with Crippen molar-refractivity contribution in [2.75, 3.05) is 5.32 Å². The van der Waals surface area contributed by atoms with Crippen LogP contribution in [-0.2, 0) is 9.59 Å². The number of anilines is 1. The third kappa shape index (κ3) is 5.90. The fourth-order valence-corrected chi connectivity index (χ4v) is 2.33. The third-order valence-corrected chi connectivity index (χ3v) is 3.58. The van der Waals surface area contributed by atoms with Gasteiger partial charge in [0, 0.05) is 18.2 Å². The van der Waals surface area contributed by atoms with Gasteiger partial charge < -0.3 is 16.4 Å². The van der Waals surface area contributed by atoms with Crippen LogP contribution in [0.1, 0.15) is 29.3 Å². The number of amides is 3. The lowest BCUT2D eigenvalue weighted by Gasteiger charge is -2.14. The second kappa shape index (κ2) is 9.17. The summed E-state index contributed by atoms with van der Waals surface area (Å²) in [6.07, 6.45) is 3.93. The van der Waals surface area contributed by atoms with Crippen LogP contribution in [0, 0.1) is 0 Å². The first-order valence-corrected chi connectivity index (χ1v) is 8.15. The normalized spacial score (nSPS) is 11.7. The Hall–Kier alpha value is -3.41. The average molecular weight is 351 g/mol. The van der Waals surface area contributed by atoms with E-state index in [-0.39, 0.29) is 12.3 Å². The molecular weight excluding hydrogens is 330 g/mol. The standard InChI is InChI=1S/C20H21N3O3/c1-14(24)22-17-11-6-10-16(13-17)20(26)23-18(19(21)25)12-5-9-15-7-3-2-4-8-15/h2-11,13,18H,12H2,1H3,(H2,21,25)(H,22,24)(H,23,26)/b9-5+/t18-/m0/s1. The van der Waals surface area contributed by atoms with E-state index in [2.05, 4.69) is 10.6 Å². The lowest BCUT2D eigenvalue weighted by atomic mass is 10.1. The molecule has 2 rings (SSSR count). The summed E-state index contributed by atoms with van der Waals surface area (Å²) in [5.74, 6) is -1.29. The second-order valence-corrected chi connectivity index (χ2v) is 5.74. The molecule has 0 unspecified atom stereocenters. The lowest BCUT2D eigenvalue weighted by molar-refractivity contribution is -0.119. The van der Waals surface area contributed by atoms with E-state index in [0.717, 1.165) is 5.56 Å². The van der Waals surface area contributed by atoms with E-state index in [9.17, 15) is 14.4 Å². The van der Waals surface area contributed by atoms with Crippen LogP contribution in [0.15, 0.2) is 60.7 Å². The van der Waals surface area contributed by atoms with Gasteiger partial charge in [0.2, 0.25) is 11.8 Å². The molecule has 26 heavy (non-hydrogen) atoms. The van der Waals surface area contributed by atoms with Gasteiger partial charge in [-0.1, -0.05) is 48.6 Å². The zero-order valence-corrected chi connectivity index (χ0v) is 14.4. The van der Waals surface area contributed by atoms with Gasteiger partial charge in [-0.2, -0.15) is 0 Å². The fraction of sp³-hybridized carbons (Fsp3) is 0.150. The first-order valence-electron chi connectivity index (χ1n) is 8.15. The predicted molar refractivity (Wildman–Crippen MR) is 101 cm³/mol. The molecule has 0 saturated carbocycles. The van der Waals surface area contributed by atoms with Gasteiger partial charge in [-0.05, 0) is 30.2 Å². The van der Waals surface area contributed by atoms with E-state index in [1.54, 1.807) is 24.3 Å². The van der Waals surface area contributed by atoms with E-state index in [4.69, 9.17) is 5.73 Å². The molecule has 134 valence electrons. The molecule has 0 spiro atoms. The first kappa shape index (κ1) is 18.9. The van der Waals surface area contributed by atoms with Gasteiger partial charge in [0.15, 0.2) is 0 Å². The van der Waals surface area contributed by atoms with Crippen LogP contribution in [0.5, 0.6) is 0 Å². The highest BCUT2D eigenvalue weighted by molar-refractivity contribution is 5.99. The average Bonchev–Trinajstić information content (AvgIpc) is 2.61. The Balaban J connectivity index is 2.02. The number of hydrogen-bond acceptors (Lipinski definition) is 3. The highest BCUT2D eigenvalue weighted by atomic mass is 16.2. The van der Waals surface area contributed by atoms with Crippen molar-refractivity contribution in [3.8, 4) is 0 Å². The molecule has 0 aromatic heterocycles. The van der Waals surface area contributed by atoms with Crippen LogP contribution < -0.4 is 16.4 Å². The van der Waals surface area contributed by atoms with Crippen molar-refractivity contribution in [1.82, 2.24) is 5.32 Å². The minimum Gasteiger partial charge on any atom is -0.368 e. The molecule has 0 aliphatic heterocycles. The third-order valence-electron chi connectivity index (χ3n) is 3.58. The zero-order valence-electron chi connectivity index (χ0n) is 14.4. The van der Waals surface area contributed by atoms with Crippen LogP contribution in [0.4, 0.5) is 5.69 Å². The van der Waals surface area contributed by atoms with Gasteiger partial charge in [0.25, 0.3) is 5.91 Å². The monoisotopic (exact) mass is 351 g/mol. The molecule has 0 bridgehead atoms. The van der Waals surface area contributed by atoms with E-state index in [1.807, 2.05) is 36.4 Å². The van der Waals surface area contributed by atoms with E-state index >= 15 is 0 Å². The number of benzene rings is 2. The quantitative estimate of drug-likeness (QED) is 0.713. The highest BCUT2D eigenvalue weighted by Gasteiger charge is 2.17. The maximum absolute atomic E-state index is 12.4. The fourth-order valence-electron chi connectivity index (χ4n) is 2.33. The molecule has 2 aromatic rings. The molecule has 3 amide bonds. The Kier molecular flexibility index (Phi) is 6.68. The van der Waals surface area contributed by atoms with Crippen molar-refractivity contribution in [2.24, 2.45) is 5.73 Å². The summed E-state index contributed by atoms with van der Waals surface area (Å²) in [6.45, 7) is 1.38. The van der Waals surface area contributed by atoms with Gasteiger partial charge >= 0.3 is 0 Å². The molecule has 6 nitrogen and oxygen atoms in total.